The lowest BCUT2D eigenvalue weighted by Crippen LogP contribution is -2.24. The van der Waals surface area contributed by atoms with Crippen molar-refractivity contribution in [3.63, 3.8) is 0 Å². The standard InChI is InChI=1S/C21H24O6/c22-18-12-19(23)17(13-26-10-2-1-6-21(24)25)16(18)8-7-14-4-3-5-20-15(14)9-11-27-20/h3-5,9,11,16-17H,1-2,6-8,10,12-13H2,(H,24,25)/t16?,17-/m1/s1. The van der Waals surface area contributed by atoms with Crippen LogP contribution in [0.25, 0.3) is 11.0 Å². The van der Waals surface area contributed by atoms with Crippen LogP contribution in [0, 0.1) is 11.8 Å². The number of carbonyl (C=O) groups excluding carboxylic acids is 2. The Hall–Kier alpha value is -2.47. The highest BCUT2D eigenvalue weighted by atomic mass is 16.5. The van der Waals surface area contributed by atoms with Gasteiger partial charge in [-0.15, -0.1) is 0 Å². The quantitative estimate of drug-likeness (QED) is 0.507. The van der Waals surface area contributed by atoms with E-state index in [1.807, 2.05) is 24.3 Å². The number of ketones is 2. The maximum Gasteiger partial charge on any atom is 0.303 e. The van der Waals surface area contributed by atoms with Crippen LogP contribution in [0.15, 0.2) is 34.9 Å². The second kappa shape index (κ2) is 8.95. The summed E-state index contributed by atoms with van der Waals surface area (Å²) in [6.45, 7) is 0.643. The zero-order valence-electron chi connectivity index (χ0n) is 15.2. The summed E-state index contributed by atoms with van der Waals surface area (Å²) in [5, 5.41) is 9.66. The molecule has 1 aromatic heterocycles. The van der Waals surface area contributed by atoms with Crippen molar-refractivity contribution >= 4 is 28.5 Å². The lowest BCUT2D eigenvalue weighted by atomic mass is 9.89. The number of ether oxygens (including phenoxy) is 1. The molecule has 6 nitrogen and oxygen atoms in total. The molecule has 1 fully saturated rings. The third kappa shape index (κ3) is 4.83. The number of Topliss-reactive ketones (excluding diaryl/α,β-unsaturated/α-hetero) is 2. The molecule has 1 aliphatic carbocycles. The Kier molecular flexibility index (Phi) is 6.40. The largest absolute Gasteiger partial charge is 0.481 e. The summed E-state index contributed by atoms with van der Waals surface area (Å²) in [4.78, 5) is 35.0. The second-order valence-corrected chi connectivity index (χ2v) is 7.04. The Morgan fingerprint density at radius 2 is 1.96 bits per heavy atom. The van der Waals surface area contributed by atoms with E-state index in [9.17, 15) is 14.4 Å². The Balaban J connectivity index is 1.53. The van der Waals surface area contributed by atoms with Crippen molar-refractivity contribution in [1.29, 1.82) is 0 Å². The molecular formula is C21H24O6. The lowest BCUT2D eigenvalue weighted by Gasteiger charge is -2.17. The zero-order chi connectivity index (χ0) is 19.2. The number of carboxylic acid groups (broad SMARTS) is 1. The van der Waals surface area contributed by atoms with Crippen LogP contribution >= 0.6 is 0 Å². The van der Waals surface area contributed by atoms with Crippen molar-refractivity contribution in [1.82, 2.24) is 0 Å². The van der Waals surface area contributed by atoms with Gasteiger partial charge in [-0.05, 0) is 43.4 Å². The lowest BCUT2D eigenvalue weighted by molar-refractivity contribution is -0.137. The van der Waals surface area contributed by atoms with Crippen molar-refractivity contribution in [3.8, 4) is 0 Å². The fraction of sp³-hybridized carbons (Fsp3) is 0.476. The SMILES string of the molecule is O=C(O)CCCCOC[C@H]1C(=O)CC(=O)C1CCc1cccc2occc12. The first-order valence-electron chi connectivity index (χ1n) is 9.36. The van der Waals surface area contributed by atoms with E-state index in [1.54, 1.807) is 6.26 Å². The van der Waals surface area contributed by atoms with E-state index in [0.717, 1.165) is 16.5 Å². The first kappa shape index (κ1) is 19.3. The van der Waals surface area contributed by atoms with Crippen molar-refractivity contribution < 1.29 is 28.6 Å². The minimum absolute atomic E-state index is 0.00107. The van der Waals surface area contributed by atoms with Gasteiger partial charge in [0.1, 0.15) is 17.1 Å². The maximum atomic E-state index is 12.3. The fourth-order valence-corrected chi connectivity index (χ4v) is 3.73. The molecule has 0 spiro atoms. The predicted molar refractivity (Wildman–Crippen MR) is 98.5 cm³/mol. The molecule has 6 heteroatoms. The Bertz CT molecular complexity index is 821. The average molecular weight is 372 g/mol. The number of carbonyl (C=O) groups is 3. The third-order valence-electron chi connectivity index (χ3n) is 5.20. The average Bonchev–Trinajstić information content (AvgIpc) is 3.21. The number of fused-ring (bicyclic) bond motifs is 1. The van der Waals surface area contributed by atoms with Crippen LogP contribution in [0.4, 0.5) is 0 Å². The molecule has 0 aliphatic heterocycles. The zero-order valence-corrected chi connectivity index (χ0v) is 15.2. The van der Waals surface area contributed by atoms with E-state index in [0.29, 0.717) is 32.3 Å². The molecular weight excluding hydrogens is 348 g/mol. The van der Waals surface area contributed by atoms with Crippen LogP contribution in [0.1, 0.15) is 37.7 Å². The van der Waals surface area contributed by atoms with E-state index >= 15 is 0 Å². The molecule has 2 atom stereocenters. The summed E-state index contributed by atoms with van der Waals surface area (Å²) >= 11 is 0. The summed E-state index contributed by atoms with van der Waals surface area (Å²) in [6, 6.07) is 7.78. The number of furan rings is 1. The molecule has 0 radical (unpaired) electrons. The van der Waals surface area contributed by atoms with Gasteiger partial charge in [0, 0.05) is 24.3 Å². The van der Waals surface area contributed by atoms with Crippen molar-refractivity contribution in [2.45, 2.75) is 38.5 Å². The summed E-state index contributed by atoms with van der Waals surface area (Å²) < 4.78 is 11.0. The number of unbranched alkanes of at least 4 members (excludes halogenated alkanes) is 1. The van der Waals surface area contributed by atoms with Crippen molar-refractivity contribution in [3.05, 3.63) is 36.1 Å². The van der Waals surface area contributed by atoms with E-state index in [1.165, 1.54) is 0 Å². The number of carboxylic acids is 1. The normalized spacial score (nSPS) is 19.9. The van der Waals surface area contributed by atoms with Crippen molar-refractivity contribution in [2.75, 3.05) is 13.2 Å². The molecule has 144 valence electrons. The van der Waals surface area contributed by atoms with Gasteiger partial charge < -0.3 is 14.3 Å². The van der Waals surface area contributed by atoms with Gasteiger partial charge in [-0.1, -0.05) is 12.1 Å². The number of aliphatic carboxylic acids is 1. The van der Waals surface area contributed by atoms with Crippen LogP contribution < -0.4 is 0 Å². The van der Waals surface area contributed by atoms with Gasteiger partial charge in [-0.25, -0.2) is 0 Å². The molecule has 1 aromatic carbocycles. The molecule has 2 aromatic rings. The highest BCUT2D eigenvalue weighted by molar-refractivity contribution is 6.08. The monoisotopic (exact) mass is 372 g/mol. The first-order valence-corrected chi connectivity index (χ1v) is 9.36. The second-order valence-electron chi connectivity index (χ2n) is 7.04. The van der Waals surface area contributed by atoms with Crippen LogP contribution in [0.3, 0.4) is 0 Å². The minimum Gasteiger partial charge on any atom is -0.481 e. The first-order chi connectivity index (χ1) is 13.1. The van der Waals surface area contributed by atoms with Gasteiger partial charge in [0.2, 0.25) is 0 Å². The summed E-state index contributed by atoms with van der Waals surface area (Å²) in [7, 11) is 0. The number of aryl methyl sites for hydroxylation is 1. The molecule has 0 saturated heterocycles. The highest BCUT2D eigenvalue weighted by Gasteiger charge is 2.40. The van der Waals surface area contributed by atoms with E-state index < -0.39 is 5.97 Å². The van der Waals surface area contributed by atoms with Crippen LogP contribution in [0.2, 0.25) is 0 Å². The molecule has 1 N–H and O–H groups in total. The van der Waals surface area contributed by atoms with E-state index in [-0.39, 0.29) is 42.9 Å². The number of benzene rings is 1. The van der Waals surface area contributed by atoms with E-state index in [4.69, 9.17) is 14.3 Å². The van der Waals surface area contributed by atoms with Gasteiger partial charge in [-0.2, -0.15) is 0 Å². The molecule has 1 aliphatic rings. The van der Waals surface area contributed by atoms with Gasteiger partial charge in [-0.3, -0.25) is 14.4 Å². The Morgan fingerprint density at radius 1 is 1.15 bits per heavy atom. The van der Waals surface area contributed by atoms with Gasteiger partial charge in [0.15, 0.2) is 0 Å². The predicted octanol–water partition coefficient (Wildman–Crippen LogP) is 3.41. The Labute approximate surface area is 157 Å². The number of hydrogen-bond acceptors (Lipinski definition) is 5. The van der Waals surface area contributed by atoms with Crippen molar-refractivity contribution in [2.24, 2.45) is 11.8 Å². The summed E-state index contributed by atoms with van der Waals surface area (Å²) in [6.07, 6.45) is 4.26. The van der Waals surface area contributed by atoms with Gasteiger partial charge in [0.25, 0.3) is 0 Å². The minimum atomic E-state index is -0.820. The maximum absolute atomic E-state index is 12.3. The molecule has 1 saturated carbocycles. The molecule has 27 heavy (non-hydrogen) atoms. The number of hydrogen-bond donors (Lipinski definition) is 1. The molecule has 1 heterocycles. The van der Waals surface area contributed by atoms with Crippen LogP contribution in [-0.4, -0.2) is 35.9 Å². The smallest absolute Gasteiger partial charge is 0.303 e. The number of rotatable bonds is 10. The topological polar surface area (TPSA) is 93.8 Å². The highest BCUT2D eigenvalue weighted by Crippen LogP contribution is 2.31. The van der Waals surface area contributed by atoms with Crippen LogP contribution in [-0.2, 0) is 25.5 Å². The van der Waals surface area contributed by atoms with Crippen LogP contribution in [0.5, 0.6) is 0 Å². The molecule has 0 bridgehead atoms. The molecule has 1 unspecified atom stereocenters. The third-order valence-corrected chi connectivity index (χ3v) is 5.20. The van der Waals surface area contributed by atoms with E-state index in [2.05, 4.69) is 0 Å². The fourth-order valence-electron chi connectivity index (χ4n) is 3.73. The summed E-state index contributed by atoms with van der Waals surface area (Å²) in [5.41, 5.74) is 1.93. The van der Waals surface area contributed by atoms with Gasteiger partial charge >= 0.3 is 5.97 Å². The Morgan fingerprint density at radius 3 is 2.78 bits per heavy atom. The molecule has 3 rings (SSSR count). The molecule has 0 amide bonds. The summed E-state index contributed by atoms with van der Waals surface area (Å²) in [5.74, 6) is -1.56. The van der Waals surface area contributed by atoms with Gasteiger partial charge in [0.05, 0.1) is 25.2 Å².